The van der Waals surface area contributed by atoms with Gasteiger partial charge in [0.25, 0.3) is 0 Å². The highest BCUT2D eigenvalue weighted by Gasteiger charge is 2.38. The Hall–Kier alpha value is -1.02. The van der Waals surface area contributed by atoms with Gasteiger partial charge in [-0.25, -0.2) is 0 Å². The third-order valence-electron chi connectivity index (χ3n) is 5.17. The molecule has 3 atom stereocenters. The quantitative estimate of drug-likeness (QED) is 0.836. The van der Waals surface area contributed by atoms with Crippen LogP contribution in [0.2, 0.25) is 0 Å². The Morgan fingerprint density at radius 3 is 2.89 bits per heavy atom. The van der Waals surface area contributed by atoms with E-state index in [1.165, 1.54) is 17.5 Å². The van der Waals surface area contributed by atoms with Crippen LogP contribution in [-0.4, -0.2) is 6.61 Å². The molecule has 0 saturated heterocycles. The number of hydrogen-bond donors (Lipinski definition) is 1. The highest BCUT2D eigenvalue weighted by molar-refractivity contribution is 5.46. The van der Waals surface area contributed by atoms with E-state index in [9.17, 15) is 0 Å². The fraction of sp³-hybridized carbons (Fsp3) is 0.647. The Bertz CT molecular complexity index is 470. The summed E-state index contributed by atoms with van der Waals surface area (Å²) < 4.78 is 5.96. The summed E-state index contributed by atoms with van der Waals surface area (Å²) in [6.07, 6.45) is 5.64. The van der Waals surface area contributed by atoms with E-state index in [-0.39, 0.29) is 5.54 Å². The molecule has 1 fully saturated rings. The number of fused-ring (bicyclic) bond motifs is 1. The highest BCUT2D eigenvalue weighted by Crippen LogP contribution is 2.45. The van der Waals surface area contributed by atoms with Crippen molar-refractivity contribution in [2.45, 2.75) is 51.5 Å². The van der Waals surface area contributed by atoms with Crippen molar-refractivity contribution in [3.05, 3.63) is 29.3 Å². The standard InChI is InChI=1S/C17H25NO/c1-12-8-9-17(18,11-13(12)2)15-7-3-5-14-6-4-10-19-16(14)15/h3,5,7,12-13H,4,6,8-11,18H2,1-2H3. The predicted molar refractivity (Wildman–Crippen MR) is 78.3 cm³/mol. The number of aryl methyl sites for hydroxylation is 1. The van der Waals surface area contributed by atoms with Crippen molar-refractivity contribution >= 4 is 0 Å². The molecule has 0 spiro atoms. The first-order valence-electron chi connectivity index (χ1n) is 7.64. The lowest BCUT2D eigenvalue weighted by atomic mass is 9.68. The van der Waals surface area contributed by atoms with Crippen molar-refractivity contribution < 1.29 is 4.74 Å². The molecular formula is C17H25NO. The molecule has 104 valence electrons. The number of nitrogens with two attached hydrogens (primary N) is 1. The van der Waals surface area contributed by atoms with E-state index in [0.29, 0.717) is 5.92 Å². The smallest absolute Gasteiger partial charge is 0.127 e. The third kappa shape index (κ3) is 2.27. The Kier molecular flexibility index (Phi) is 3.30. The van der Waals surface area contributed by atoms with Crippen molar-refractivity contribution in [1.82, 2.24) is 0 Å². The van der Waals surface area contributed by atoms with Gasteiger partial charge in [0.05, 0.1) is 6.61 Å². The number of para-hydroxylation sites is 1. The number of benzene rings is 1. The van der Waals surface area contributed by atoms with Crippen molar-refractivity contribution in [1.29, 1.82) is 0 Å². The molecule has 2 N–H and O–H groups in total. The van der Waals surface area contributed by atoms with Gasteiger partial charge in [-0.3, -0.25) is 0 Å². The van der Waals surface area contributed by atoms with Crippen LogP contribution in [0.1, 0.15) is 50.7 Å². The van der Waals surface area contributed by atoms with Gasteiger partial charge in [-0.1, -0.05) is 32.0 Å². The van der Waals surface area contributed by atoms with E-state index in [1.807, 2.05) is 0 Å². The second-order valence-corrected chi connectivity index (χ2v) is 6.60. The van der Waals surface area contributed by atoms with Crippen LogP contribution in [0.15, 0.2) is 18.2 Å². The van der Waals surface area contributed by atoms with Gasteiger partial charge in [0.2, 0.25) is 0 Å². The maximum Gasteiger partial charge on any atom is 0.127 e. The second kappa shape index (κ2) is 4.82. The van der Waals surface area contributed by atoms with E-state index in [2.05, 4.69) is 32.0 Å². The number of hydrogen-bond acceptors (Lipinski definition) is 2. The minimum atomic E-state index is -0.186. The first-order valence-corrected chi connectivity index (χ1v) is 7.64. The van der Waals surface area contributed by atoms with Gasteiger partial charge in [0.15, 0.2) is 0 Å². The van der Waals surface area contributed by atoms with E-state index >= 15 is 0 Å². The van der Waals surface area contributed by atoms with Gasteiger partial charge in [0.1, 0.15) is 5.75 Å². The molecule has 1 aromatic rings. The summed E-state index contributed by atoms with van der Waals surface area (Å²) >= 11 is 0. The molecule has 0 amide bonds. The van der Waals surface area contributed by atoms with E-state index in [4.69, 9.17) is 10.5 Å². The summed E-state index contributed by atoms with van der Waals surface area (Å²) in [5.41, 5.74) is 9.19. The monoisotopic (exact) mass is 259 g/mol. The summed E-state index contributed by atoms with van der Waals surface area (Å²) in [5, 5.41) is 0. The molecule has 3 rings (SSSR count). The van der Waals surface area contributed by atoms with Crippen LogP contribution < -0.4 is 10.5 Å². The maximum absolute atomic E-state index is 6.78. The summed E-state index contributed by atoms with van der Waals surface area (Å²) in [7, 11) is 0. The lowest BCUT2D eigenvalue weighted by Crippen LogP contribution is -2.43. The summed E-state index contributed by atoms with van der Waals surface area (Å²) in [5.74, 6) is 2.58. The topological polar surface area (TPSA) is 35.2 Å². The molecule has 1 heterocycles. The molecule has 2 aliphatic rings. The van der Waals surface area contributed by atoms with Crippen molar-refractivity contribution in [2.24, 2.45) is 17.6 Å². The van der Waals surface area contributed by atoms with Crippen LogP contribution in [0, 0.1) is 11.8 Å². The zero-order valence-electron chi connectivity index (χ0n) is 12.1. The lowest BCUT2D eigenvalue weighted by molar-refractivity contribution is 0.170. The zero-order valence-corrected chi connectivity index (χ0v) is 12.1. The van der Waals surface area contributed by atoms with E-state index in [1.54, 1.807) is 0 Å². The summed E-state index contributed by atoms with van der Waals surface area (Å²) in [4.78, 5) is 0. The molecule has 1 aliphatic carbocycles. The molecule has 1 aromatic carbocycles. The average molecular weight is 259 g/mol. The summed E-state index contributed by atoms with van der Waals surface area (Å²) in [6, 6.07) is 6.53. The fourth-order valence-corrected chi connectivity index (χ4v) is 3.67. The maximum atomic E-state index is 6.78. The number of ether oxygens (including phenoxy) is 1. The lowest BCUT2D eigenvalue weighted by Gasteiger charge is -2.41. The minimum Gasteiger partial charge on any atom is -0.493 e. The average Bonchev–Trinajstić information content (AvgIpc) is 2.43. The molecule has 0 radical (unpaired) electrons. The van der Waals surface area contributed by atoms with Gasteiger partial charge in [0, 0.05) is 11.1 Å². The van der Waals surface area contributed by atoms with Gasteiger partial charge >= 0.3 is 0 Å². The molecule has 0 bridgehead atoms. The van der Waals surface area contributed by atoms with Gasteiger partial charge in [-0.15, -0.1) is 0 Å². The normalized spacial score (nSPS) is 34.5. The number of rotatable bonds is 1. The van der Waals surface area contributed by atoms with Crippen LogP contribution >= 0.6 is 0 Å². The first kappa shape index (κ1) is 13.0. The van der Waals surface area contributed by atoms with Crippen LogP contribution in [0.5, 0.6) is 5.75 Å². The largest absolute Gasteiger partial charge is 0.493 e. The Morgan fingerprint density at radius 2 is 2.11 bits per heavy atom. The van der Waals surface area contributed by atoms with Crippen LogP contribution in [-0.2, 0) is 12.0 Å². The van der Waals surface area contributed by atoms with Crippen molar-refractivity contribution in [3.8, 4) is 5.75 Å². The Labute approximate surface area is 116 Å². The molecule has 0 aromatic heterocycles. The SMILES string of the molecule is CC1CCC(N)(c2cccc3c2OCCC3)CC1C. The van der Waals surface area contributed by atoms with Crippen molar-refractivity contribution in [2.75, 3.05) is 6.61 Å². The van der Waals surface area contributed by atoms with E-state index < -0.39 is 0 Å². The molecule has 1 aliphatic heterocycles. The van der Waals surface area contributed by atoms with Gasteiger partial charge < -0.3 is 10.5 Å². The van der Waals surface area contributed by atoms with Crippen molar-refractivity contribution in [3.63, 3.8) is 0 Å². The molecular weight excluding hydrogens is 234 g/mol. The molecule has 19 heavy (non-hydrogen) atoms. The Morgan fingerprint density at radius 1 is 1.26 bits per heavy atom. The molecule has 2 nitrogen and oxygen atoms in total. The van der Waals surface area contributed by atoms with Crippen LogP contribution in [0.4, 0.5) is 0 Å². The molecule has 2 heteroatoms. The second-order valence-electron chi connectivity index (χ2n) is 6.60. The van der Waals surface area contributed by atoms with Gasteiger partial charge in [-0.05, 0) is 49.5 Å². The third-order valence-corrected chi connectivity index (χ3v) is 5.17. The molecule has 1 saturated carbocycles. The van der Waals surface area contributed by atoms with Gasteiger partial charge in [-0.2, -0.15) is 0 Å². The van der Waals surface area contributed by atoms with Crippen LogP contribution in [0.25, 0.3) is 0 Å². The predicted octanol–water partition coefficient (Wildman–Crippen LogP) is 3.62. The first-order chi connectivity index (χ1) is 9.10. The highest BCUT2D eigenvalue weighted by atomic mass is 16.5. The zero-order chi connectivity index (χ0) is 13.5. The molecule has 3 unspecified atom stereocenters. The minimum absolute atomic E-state index is 0.186. The van der Waals surface area contributed by atoms with Crippen LogP contribution in [0.3, 0.4) is 0 Å². The Balaban J connectivity index is 1.97. The van der Waals surface area contributed by atoms with E-state index in [0.717, 1.165) is 44.0 Å². The fourth-order valence-electron chi connectivity index (χ4n) is 3.67. The summed E-state index contributed by atoms with van der Waals surface area (Å²) in [6.45, 7) is 5.52.